The molecule has 7 heteroatoms. The Morgan fingerprint density at radius 1 is 1.06 bits per heavy atom. The van der Waals surface area contributed by atoms with E-state index < -0.39 is 6.17 Å². The first-order valence-corrected chi connectivity index (χ1v) is 10.6. The van der Waals surface area contributed by atoms with Gasteiger partial charge in [0.2, 0.25) is 6.79 Å². The third kappa shape index (κ3) is 3.76. The summed E-state index contributed by atoms with van der Waals surface area (Å²) in [5.41, 5.74) is 2.75. The topological polar surface area (TPSA) is 72.3 Å². The lowest BCUT2D eigenvalue weighted by atomic mass is 9.93. The number of aromatic hydroxyl groups is 1. The van der Waals surface area contributed by atoms with E-state index in [1.165, 1.54) is 6.07 Å². The van der Waals surface area contributed by atoms with Gasteiger partial charge < -0.3 is 19.3 Å². The second-order valence-corrected chi connectivity index (χ2v) is 7.62. The van der Waals surface area contributed by atoms with Crippen LogP contribution >= 0.6 is 0 Å². The number of hydrogen-bond donors (Lipinski definition) is 2. The number of fused-ring (bicyclic) bond motifs is 1. The van der Waals surface area contributed by atoms with Crippen LogP contribution in [0.4, 0.5) is 4.39 Å². The molecule has 5 rings (SSSR count). The SMILES string of the molecule is CCOc1cccc(C2CC(c3ccc4c(c3)OCO4)=NC(c3ccccc3F)N2)c1O. The van der Waals surface area contributed by atoms with Gasteiger partial charge in [0.25, 0.3) is 0 Å². The highest BCUT2D eigenvalue weighted by Gasteiger charge is 2.30. The third-order valence-corrected chi connectivity index (χ3v) is 5.65. The van der Waals surface area contributed by atoms with E-state index in [0.717, 1.165) is 11.3 Å². The van der Waals surface area contributed by atoms with Gasteiger partial charge in [0.1, 0.15) is 12.0 Å². The van der Waals surface area contributed by atoms with Crippen LogP contribution in [0.2, 0.25) is 0 Å². The Bertz CT molecular complexity index is 1180. The number of phenolic OH excluding ortho intramolecular Hbond substituents is 1. The molecule has 2 aliphatic heterocycles. The number of para-hydroxylation sites is 1. The van der Waals surface area contributed by atoms with Crippen molar-refractivity contribution in [3.63, 3.8) is 0 Å². The van der Waals surface area contributed by atoms with Crippen molar-refractivity contribution in [2.24, 2.45) is 4.99 Å². The molecule has 0 saturated heterocycles. The number of nitrogens with zero attached hydrogens (tertiary/aromatic N) is 1. The first-order chi connectivity index (χ1) is 15.6. The van der Waals surface area contributed by atoms with Crippen LogP contribution < -0.4 is 19.5 Å². The van der Waals surface area contributed by atoms with Crippen LogP contribution in [0.1, 0.15) is 42.2 Å². The van der Waals surface area contributed by atoms with Crippen molar-refractivity contribution >= 4 is 5.71 Å². The zero-order chi connectivity index (χ0) is 22.1. The molecule has 0 fully saturated rings. The maximum absolute atomic E-state index is 14.6. The zero-order valence-electron chi connectivity index (χ0n) is 17.5. The predicted molar refractivity (Wildman–Crippen MR) is 118 cm³/mol. The molecule has 0 saturated carbocycles. The Labute approximate surface area is 185 Å². The average molecular weight is 434 g/mol. The molecule has 3 aromatic carbocycles. The van der Waals surface area contributed by atoms with Crippen molar-refractivity contribution < 1.29 is 23.7 Å². The summed E-state index contributed by atoms with van der Waals surface area (Å²) < 4.78 is 31.1. The Kier molecular flexibility index (Phi) is 5.41. The predicted octanol–water partition coefficient (Wildman–Crippen LogP) is 4.88. The third-order valence-electron chi connectivity index (χ3n) is 5.65. The lowest BCUT2D eigenvalue weighted by Gasteiger charge is -2.31. The molecule has 3 aromatic rings. The van der Waals surface area contributed by atoms with Crippen LogP contribution in [0.25, 0.3) is 0 Å². The number of phenols is 1. The van der Waals surface area contributed by atoms with Gasteiger partial charge in [-0.15, -0.1) is 0 Å². The van der Waals surface area contributed by atoms with Crippen LogP contribution in [0.15, 0.2) is 65.7 Å². The summed E-state index contributed by atoms with van der Waals surface area (Å²) >= 11 is 0. The molecule has 6 nitrogen and oxygen atoms in total. The lowest BCUT2D eigenvalue weighted by molar-refractivity contribution is 0.174. The summed E-state index contributed by atoms with van der Waals surface area (Å²) in [6.45, 7) is 2.49. The van der Waals surface area contributed by atoms with Crippen LogP contribution in [0.3, 0.4) is 0 Å². The van der Waals surface area contributed by atoms with Crippen molar-refractivity contribution in [1.29, 1.82) is 0 Å². The van der Waals surface area contributed by atoms with E-state index in [9.17, 15) is 9.50 Å². The lowest BCUT2D eigenvalue weighted by Crippen LogP contribution is -2.33. The maximum Gasteiger partial charge on any atom is 0.231 e. The van der Waals surface area contributed by atoms with Crippen LogP contribution in [0.5, 0.6) is 23.0 Å². The summed E-state index contributed by atoms with van der Waals surface area (Å²) in [6.07, 6.45) is -0.126. The highest BCUT2D eigenvalue weighted by molar-refractivity contribution is 6.02. The fourth-order valence-corrected chi connectivity index (χ4v) is 4.11. The van der Waals surface area contributed by atoms with Gasteiger partial charge in [-0.3, -0.25) is 10.3 Å². The fourth-order valence-electron chi connectivity index (χ4n) is 4.11. The molecule has 32 heavy (non-hydrogen) atoms. The number of ether oxygens (including phenoxy) is 3. The van der Waals surface area contributed by atoms with Gasteiger partial charge in [-0.2, -0.15) is 0 Å². The number of hydrogen-bond acceptors (Lipinski definition) is 6. The fraction of sp³-hybridized carbons (Fsp3) is 0.240. The molecule has 0 bridgehead atoms. The van der Waals surface area contributed by atoms with Crippen LogP contribution in [-0.4, -0.2) is 24.2 Å². The quantitative estimate of drug-likeness (QED) is 0.599. The van der Waals surface area contributed by atoms with Crippen molar-refractivity contribution in [1.82, 2.24) is 5.32 Å². The van der Waals surface area contributed by atoms with Gasteiger partial charge in [-0.1, -0.05) is 30.3 Å². The Morgan fingerprint density at radius 3 is 2.72 bits per heavy atom. The number of halogens is 1. The van der Waals surface area contributed by atoms with E-state index in [2.05, 4.69) is 5.32 Å². The Morgan fingerprint density at radius 2 is 1.88 bits per heavy atom. The molecular formula is C25H23FN2O4. The molecule has 2 N–H and O–H groups in total. The van der Waals surface area contributed by atoms with Gasteiger partial charge in [0.05, 0.1) is 6.61 Å². The maximum atomic E-state index is 14.6. The second-order valence-electron chi connectivity index (χ2n) is 7.62. The molecule has 0 spiro atoms. The molecule has 2 heterocycles. The van der Waals surface area contributed by atoms with Gasteiger partial charge in [0.15, 0.2) is 23.0 Å². The van der Waals surface area contributed by atoms with Gasteiger partial charge in [-0.25, -0.2) is 4.39 Å². The minimum atomic E-state index is -0.620. The summed E-state index contributed by atoms with van der Waals surface area (Å²) in [7, 11) is 0. The molecule has 0 aromatic heterocycles. The zero-order valence-corrected chi connectivity index (χ0v) is 17.5. The number of benzene rings is 3. The molecule has 164 valence electrons. The molecule has 0 aliphatic carbocycles. The van der Waals surface area contributed by atoms with Gasteiger partial charge in [0, 0.05) is 29.3 Å². The van der Waals surface area contributed by atoms with Crippen LogP contribution in [0, 0.1) is 5.82 Å². The Balaban J connectivity index is 1.57. The van der Waals surface area contributed by atoms with Crippen molar-refractivity contribution in [2.75, 3.05) is 13.4 Å². The standard InChI is InChI=1S/C25H23FN2O4/c1-2-30-22-9-5-7-17(24(22)29)20-13-19(15-10-11-21-23(12-15)32-14-31-21)27-25(28-20)16-6-3-4-8-18(16)26/h3-12,20,25,28-29H,2,13-14H2,1H3. The molecule has 2 atom stereocenters. The summed E-state index contributed by atoms with van der Waals surface area (Å²) in [4.78, 5) is 4.83. The van der Waals surface area contributed by atoms with Gasteiger partial charge >= 0.3 is 0 Å². The molecular weight excluding hydrogens is 411 g/mol. The number of aliphatic imine (C=N–C) groups is 1. The second kappa shape index (κ2) is 8.51. The van der Waals surface area contributed by atoms with Crippen molar-refractivity contribution in [2.45, 2.75) is 25.6 Å². The van der Waals surface area contributed by atoms with Crippen LogP contribution in [-0.2, 0) is 0 Å². The van der Waals surface area contributed by atoms with E-state index in [1.807, 2.05) is 37.3 Å². The van der Waals surface area contributed by atoms with Crippen molar-refractivity contribution in [3.05, 3.63) is 83.2 Å². The van der Waals surface area contributed by atoms with E-state index in [-0.39, 0.29) is 24.4 Å². The van der Waals surface area contributed by atoms with E-state index in [0.29, 0.717) is 41.4 Å². The monoisotopic (exact) mass is 434 g/mol. The first-order valence-electron chi connectivity index (χ1n) is 10.6. The molecule has 2 unspecified atom stereocenters. The normalized spacial score (nSPS) is 19.5. The smallest absolute Gasteiger partial charge is 0.231 e. The Hall–Kier alpha value is -3.58. The first kappa shape index (κ1) is 20.3. The number of nitrogens with one attached hydrogen (secondary N) is 1. The van der Waals surface area contributed by atoms with Gasteiger partial charge in [-0.05, 0) is 42.8 Å². The van der Waals surface area contributed by atoms with E-state index >= 15 is 0 Å². The summed E-state index contributed by atoms with van der Waals surface area (Å²) in [5.74, 6) is 1.50. The number of rotatable bonds is 5. The van der Waals surface area contributed by atoms with E-state index in [1.54, 1.807) is 24.3 Å². The molecule has 0 radical (unpaired) electrons. The average Bonchev–Trinajstić information content (AvgIpc) is 3.28. The summed E-state index contributed by atoms with van der Waals surface area (Å²) in [5, 5.41) is 14.2. The summed E-state index contributed by atoms with van der Waals surface area (Å²) in [6, 6.07) is 17.3. The minimum Gasteiger partial charge on any atom is -0.504 e. The largest absolute Gasteiger partial charge is 0.504 e. The molecule has 2 aliphatic rings. The van der Waals surface area contributed by atoms with Crippen molar-refractivity contribution in [3.8, 4) is 23.0 Å². The highest BCUT2D eigenvalue weighted by atomic mass is 19.1. The minimum absolute atomic E-state index is 0.0751. The van der Waals surface area contributed by atoms with E-state index in [4.69, 9.17) is 19.2 Å². The molecule has 0 amide bonds. The highest BCUT2D eigenvalue weighted by Crippen LogP contribution is 2.40.